The second-order valence-electron chi connectivity index (χ2n) is 9.09. The molecular weight excluding hydrogens is 436 g/mol. The Morgan fingerprint density at radius 3 is 2.35 bits per heavy atom. The Balaban J connectivity index is 1.26. The van der Waals surface area contributed by atoms with E-state index in [1.54, 1.807) is 6.92 Å². The van der Waals surface area contributed by atoms with Crippen molar-refractivity contribution in [2.75, 3.05) is 26.4 Å². The van der Waals surface area contributed by atoms with E-state index >= 15 is 0 Å². The van der Waals surface area contributed by atoms with E-state index in [-0.39, 0.29) is 38.0 Å². The molecule has 34 heavy (non-hydrogen) atoms. The lowest BCUT2D eigenvalue weighted by molar-refractivity contribution is -0.157. The van der Waals surface area contributed by atoms with Crippen molar-refractivity contribution in [3.8, 4) is 11.1 Å². The summed E-state index contributed by atoms with van der Waals surface area (Å²) in [6.07, 6.45) is 0.517. The normalized spacial score (nSPS) is 20.0. The quantitative estimate of drug-likeness (QED) is 0.550. The SMILES string of the molecule is CC(CC(=O)NCC1(C(=O)O)CCCOC1)NC(=O)OCC1c2ccccc2-c2ccccc21. The third-order valence-electron chi connectivity index (χ3n) is 6.60. The van der Waals surface area contributed by atoms with Crippen molar-refractivity contribution in [2.24, 2.45) is 5.41 Å². The van der Waals surface area contributed by atoms with Crippen molar-refractivity contribution < 1.29 is 29.0 Å². The van der Waals surface area contributed by atoms with Crippen LogP contribution in [0, 0.1) is 5.41 Å². The van der Waals surface area contributed by atoms with E-state index in [0.29, 0.717) is 19.4 Å². The summed E-state index contributed by atoms with van der Waals surface area (Å²) in [4.78, 5) is 36.4. The van der Waals surface area contributed by atoms with Crippen LogP contribution in [0.15, 0.2) is 48.5 Å². The first-order valence-corrected chi connectivity index (χ1v) is 11.6. The van der Waals surface area contributed by atoms with Gasteiger partial charge in [0.05, 0.1) is 6.61 Å². The maximum absolute atomic E-state index is 12.4. The number of hydrogen-bond acceptors (Lipinski definition) is 5. The van der Waals surface area contributed by atoms with E-state index in [9.17, 15) is 19.5 Å². The van der Waals surface area contributed by atoms with Crippen LogP contribution in [0.1, 0.15) is 43.2 Å². The standard InChI is InChI=1S/C26H30N2O6/c1-17(13-23(29)27-15-26(24(30)31)11-6-12-33-16-26)28-25(32)34-14-22-20-9-4-2-7-18(20)19-8-3-5-10-21(19)22/h2-5,7-10,17,22H,6,11-16H2,1H3,(H,27,29)(H,28,32)(H,30,31). The molecule has 8 nitrogen and oxygen atoms in total. The number of rotatable bonds is 8. The van der Waals surface area contributed by atoms with Gasteiger partial charge in [-0.15, -0.1) is 0 Å². The van der Waals surface area contributed by atoms with E-state index < -0.39 is 23.5 Å². The molecule has 0 saturated carbocycles. The average molecular weight is 467 g/mol. The van der Waals surface area contributed by atoms with Crippen LogP contribution in [0.25, 0.3) is 11.1 Å². The van der Waals surface area contributed by atoms with Gasteiger partial charge < -0.3 is 25.2 Å². The lowest BCUT2D eigenvalue weighted by Crippen LogP contribution is -2.49. The summed E-state index contributed by atoms with van der Waals surface area (Å²) in [5.74, 6) is -1.35. The topological polar surface area (TPSA) is 114 Å². The molecule has 1 aliphatic heterocycles. The van der Waals surface area contributed by atoms with Crippen LogP contribution < -0.4 is 10.6 Å². The van der Waals surface area contributed by atoms with Crippen molar-refractivity contribution in [1.82, 2.24) is 10.6 Å². The molecule has 4 rings (SSSR count). The molecule has 2 amide bonds. The first-order valence-electron chi connectivity index (χ1n) is 11.6. The first-order chi connectivity index (χ1) is 16.4. The molecule has 0 radical (unpaired) electrons. The Bertz CT molecular complexity index is 1020. The molecule has 0 bridgehead atoms. The number of nitrogens with one attached hydrogen (secondary N) is 2. The monoisotopic (exact) mass is 466 g/mol. The Morgan fingerprint density at radius 2 is 1.76 bits per heavy atom. The van der Waals surface area contributed by atoms with Crippen molar-refractivity contribution in [3.05, 3.63) is 59.7 Å². The zero-order valence-corrected chi connectivity index (χ0v) is 19.2. The van der Waals surface area contributed by atoms with Gasteiger partial charge in [-0.25, -0.2) is 4.79 Å². The molecule has 8 heteroatoms. The maximum Gasteiger partial charge on any atom is 0.407 e. The number of aliphatic carboxylic acids is 1. The van der Waals surface area contributed by atoms with E-state index in [0.717, 1.165) is 22.3 Å². The molecular formula is C26H30N2O6. The predicted molar refractivity (Wildman–Crippen MR) is 125 cm³/mol. The molecule has 2 aromatic carbocycles. The fourth-order valence-electron chi connectivity index (χ4n) is 4.75. The third-order valence-corrected chi connectivity index (χ3v) is 6.60. The molecule has 2 aromatic rings. The Kier molecular flexibility index (Phi) is 7.17. The van der Waals surface area contributed by atoms with Gasteiger partial charge >= 0.3 is 12.1 Å². The van der Waals surface area contributed by atoms with Crippen molar-refractivity contribution in [3.63, 3.8) is 0 Å². The highest BCUT2D eigenvalue weighted by Gasteiger charge is 2.41. The third kappa shape index (κ3) is 5.07. The number of carbonyl (C=O) groups is 3. The molecule has 0 aromatic heterocycles. The van der Waals surface area contributed by atoms with Crippen LogP contribution in [0.5, 0.6) is 0 Å². The van der Waals surface area contributed by atoms with Crippen LogP contribution in [0.4, 0.5) is 4.79 Å². The molecule has 3 N–H and O–H groups in total. The summed E-state index contributed by atoms with van der Waals surface area (Å²) in [6.45, 7) is 2.51. The van der Waals surface area contributed by atoms with E-state index in [1.165, 1.54) is 0 Å². The van der Waals surface area contributed by atoms with Gasteiger partial charge in [-0.3, -0.25) is 9.59 Å². The summed E-state index contributed by atoms with van der Waals surface area (Å²) < 4.78 is 10.8. The van der Waals surface area contributed by atoms with Crippen LogP contribution >= 0.6 is 0 Å². The van der Waals surface area contributed by atoms with Gasteiger partial charge in [0.15, 0.2) is 0 Å². The molecule has 1 heterocycles. The number of hydrogen-bond donors (Lipinski definition) is 3. The molecule has 2 atom stereocenters. The largest absolute Gasteiger partial charge is 0.481 e. The smallest absolute Gasteiger partial charge is 0.407 e. The number of carbonyl (C=O) groups excluding carboxylic acids is 2. The zero-order valence-electron chi connectivity index (χ0n) is 19.2. The molecule has 2 unspecified atom stereocenters. The first kappa shape index (κ1) is 23.8. The van der Waals surface area contributed by atoms with Gasteiger partial charge in [-0.1, -0.05) is 48.5 Å². The van der Waals surface area contributed by atoms with Crippen LogP contribution in [-0.4, -0.2) is 55.5 Å². The Hall–Kier alpha value is -3.39. The number of carboxylic acid groups (broad SMARTS) is 1. The van der Waals surface area contributed by atoms with Gasteiger partial charge in [0, 0.05) is 31.5 Å². The van der Waals surface area contributed by atoms with Gasteiger partial charge in [-0.05, 0) is 42.0 Å². The highest BCUT2D eigenvalue weighted by molar-refractivity contribution is 5.81. The predicted octanol–water partition coefficient (Wildman–Crippen LogP) is 3.30. The number of fused-ring (bicyclic) bond motifs is 3. The lowest BCUT2D eigenvalue weighted by atomic mass is 9.82. The van der Waals surface area contributed by atoms with Crippen molar-refractivity contribution >= 4 is 18.0 Å². The number of alkyl carbamates (subject to hydrolysis) is 1. The summed E-state index contributed by atoms with van der Waals surface area (Å²) in [6, 6.07) is 15.7. The van der Waals surface area contributed by atoms with E-state index in [1.807, 2.05) is 24.3 Å². The number of carboxylic acids is 1. The highest BCUT2D eigenvalue weighted by atomic mass is 16.5. The van der Waals surface area contributed by atoms with Crippen molar-refractivity contribution in [1.29, 1.82) is 0 Å². The van der Waals surface area contributed by atoms with Gasteiger partial charge in [0.2, 0.25) is 5.91 Å². The minimum Gasteiger partial charge on any atom is -0.481 e. The molecule has 2 aliphatic rings. The molecule has 1 aliphatic carbocycles. The molecule has 1 saturated heterocycles. The summed E-state index contributed by atoms with van der Waals surface area (Å²) in [7, 11) is 0. The fourth-order valence-corrected chi connectivity index (χ4v) is 4.75. The van der Waals surface area contributed by atoms with Gasteiger partial charge in [0.1, 0.15) is 12.0 Å². The minimum atomic E-state index is -1.10. The van der Waals surface area contributed by atoms with Crippen LogP contribution in [0.2, 0.25) is 0 Å². The summed E-state index contributed by atoms with van der Waals surface area (Å²) in [5, 5.41) is 14.9. The molecule has 180 valence electrons. The Labute approximate surface area is 198 Å². The zero-order chi connectivity index (χ0) is 24.1. The van der Waals surface area contributed by atoms with Gasteiger partial charge in [0.25, 0.3) is 0 Å². The Morgan fingerprint density at radius 1 is 1.12 bits per heavy atom. The van der Waals surface area contributed by atoms with E-state index in [2.05, 4.69) is 34.9 Å². The van der Waals surface area contributed by atoms with E-state index in [4.69, 9.17) is 9.47 Å². The summed E-state index contributed by atoms with van der Waals surface area (Å²) in [5.41, 5.74) is 3.46. The minimum absolute atomic E-state index is 0.00116. The molecule has 0 spiro atoms. The number of benzene rings is 2. The fraction of sp³-hybridized carbons (Fsp3) is 0.423. The average Bonchev–Trinajstić information content (AvgIpc) is 3.15. The number of amides is 2. The van der Waals surface area contributed by atoms with Crippen LogP contribution in [-0.2, 0) is 19.1 Å². The highest BCUT2D eigenvalue weighted by Crippen LogP contribution is 2.44. The maximum atomic E-state index is 12.4. The van der Waals surface area contributed by atoms with Crippen LogP contribution in [0.3, 0.4) is 0 Å². The molecule has 1 fully saturated rings. The second kappa shape index (κ2) is 10.3. The van der Waals surface area contributed by atoms with Crippen molar-refractivity contribution in [2.45, 2.75) is 38.1 Å². The number of ether oxygens (including phenoxy) is 2. The van der Waals surface area contributed by atoms with Gasteiger partial charge in [-0.2, -0.15) is 0 Å². The summed E-state index contributed by atoms with van der Waals surface area (Å²) >= 11 is 0. The lowest BCUT2D eigenvalue weighted by Gasteiger charge is -2.33. The second-order valence-corrected chi connectivity index (χ2v) is 9.09.